The molecule has 31 heavy (non-hydrogen) atoms. The van der Waals surface area contributed by atoms with Crippen LogP contribution in [0, 0.1) is 0 Å². The lowest BCUT2D eigenvalue weighted by Gasteiger charge is -2.40. The molecule has 0 saturated carbocycles. The molecular formula is C23H25N7O. The van der Waals surface area contributed by atoms with Crippen LogP contribution in [0.4, 0.5) is 0 Å². The van der Waals surface area contributed by atoms with E-state index in [1.807, 2.05) is 37.8 Å². The normalized spacial score (nSPS) is 23.3. The molecule has 2 N–H and O–H groups in total. The van der Waals surface area contributed by atoms with Gasteiger partial charge in [-0.1, -0.05) is 12.5 Å². The fourth-order valence-electron chi connectivity index (χ4n) is 5.19. The van der Waals surface area contributed by atoms with E-state index in [-0.39, 0.29) is 5.75 Å². The lowest BCUT2D eigenvalue weighted by molar-refractivity contribution is 0.190. The summed E-state index contributed by atoms with van der Waals surface area (Å²) in [6.07, 6.45) is 11.7. The Morgan fingerprint density at radius 1 is 1.06 bits per heavy atom. The summed E-state index contributed by atoms with van der Waals surface area (Å²) >= 11 is 0. The minimum absolute atomic E-state index is 0.167. The molecule has 8 heteroatoms. The minimum Gasteiger partial charge on any atom is -0.507 e. The first-order valence-corrected chi connectivity index (χ1v) is 10.9. The van der Waals surface area contributed by atoms with E-state index in [0.29, 0.717) is 29.4 Å². The number of fused-ring (bicyclic) bond motifs is 3. The predicted molar refractivity (Wildman–Crippen MR) is 117 cm³/mol. The van der Waals surface area contributed by atoms with Gasteiger partial charge in [0.25, 0.3) is 0 Å². The highest BCUT2D eigenvalue weighted by atomic mass is 16.3. The van der Waals surface area contributed by atoms with Crippen LogP contribution in [0.1, 0.15) is 38.1 Å². The molecule has 8 nitrogen and oxygen atoms in total. The Balaban J connectivity index is 1.31. The van der Waals surface area contributed by atoms with Crippen molar-refractivity contribution in [1.29, 1.82) is 0 Å². The molecule has 1 aromatic carbocycles. The van der Waals surface area contributed by atoms with E-state index in [9.17, 15) is 5.11 Å². The molecule has 158 valence electrons. The minimum atomic E-state index is 0.167. The molecule has 3 atom stereocenters. The molecule has 0 radical (unpaired) electrons. The maximum atomic E-state index is 10.7. The Morgan fingerprint density at radius 2 is 1.90 bits per heavy atom. The van der Waals surface area contributed by atoms with Crippen molar-refractivity contribution in [2.24, 2.45) is 7.05 Å². The lowest BCUT2D eigenvalue weighted by Crippen LogP contribution is -2.48. The number of piperidine rings is 2. The van der Waals surface area contributed by atoms with Gasteiger partial charge in [-0.3, -0.25) is 4.68 Å². The van der Waals surface area contributed by atoms with Crippen molar-refractivity contribution in [3.05, 3.63) is 43.0 Å². The first-order valence-electron chi connectivity index (χ1n) is 10.9. The van der Waals surface area contributed by atoms with Crippen molar-refractivity contribution in [2.45, 2.75) is 50.2 Å². The van der Waals surface area contributed by atoms with Crippen LogP contribution in [0.3, 0.4) is 0 Å². The Bertz CT molecular complexity index is 1250. The number of phenols is 1. The SMILES string of the molecule is Cn1cc(-c2ccc(-c3cc4ncn([C@@H]5CC6CCC[C@@H](C5)N6)c4nn3)c(O)c2)cn1. The topological polar surface area (TPSA) is 93.7 Å². The van der Waals surface area contributed by atoms with Crippen LogP contribution >= 0.6 is 0 Å². The Kier molecular flexibility index (Phi) is 4.27. The molecule has 0 spiro atoms. The maximum Gasteiger partial charge on any atom is 0.182 e. The molecule has 0 aliphatic carbocycles. The molecule has 0 amide bonds. The van der Waals surface area contributed by atoms with Crippen molar-refractivity contribution < 1.29 is 5.11 Å². The van der Waals surface area contributed by atoms with E-state index < -0.39 is 0 Å². The second-order valence-corrected chi connectivity index (χ2v) is 8.84. The largest absolute Gasteiger partial charge is 0.507 e. The van der Waals surface area contributed by atoms with Gasteiger partial charge in [0.05, 0.1) is 18.2 Å². The van der Waals surface area contributed by atoms with Crippen LogP contribution < -0.4 is 5.32 Å². The molecule has 2 fully saturated rings. The number of aryl methyl sites for hydroxylation is 1. The first kappa shape index (κ1) is 18.5. The van der Waals surface area contributed by atoms with Crippen LogP contribution in [0.25, 0.3) is 33.5 Å². The standard InChI is InChI=1S/C23H25N7O/c1-29-12-15(11-25-29)14-5-6-19(22(31)7-14)20-10-21-23(28-27-20)30(13-24-21)18-8-16-3-2-4-17(9-18)26-16/h5-7,10-13,16-18,26,31H,2-4,8-9H2,1H3/t16-,17?,18-/m0/s1. The molecular weight excluding hydrogens is 390 g/mol. The zero-order valence-electron chi connectivity index (χ0n) is 17.4. The van der Waals surface area contributed by atoms with Gasteiger partial charge in [0.2, 0.25) is 0 Å². The van der Waals surface area contributed by atoms with Crippen LogP contribution in [-0.2, 0) is 7.05 Å². The third-order valence-electron chi connectivity index (χ3n) is 6.72. The summed E-state index contributed by atoms with van der Waals surface area (Å²) in [6.45, 7) is 0. The number of nitrogens with one attached hydrogen (secondary N) is 1. The molecule has 5 heterocycles. The van der Waals surface area contributed by atoms with Crippen molar-refractivity contribution in [3.8, 4) is 28.1 Å². The van der Waals surface area contributed by atoms with Gasteiger partial charge in [-0.15, -0.1) is 10.2 Å². The van der Waals surface area contributed by atoms with Gasteiger partial charge in [-0.25, -0.2) is 4.98 Å². The van der Waals surface area contributed by atoms with Crippen LogP contribution in [0.15, 0.2) is 43.0 Å². The summed E-state index contributed by atoms with van der Waals surface area (Å²) in [5.41, 5.74) is 4.76. The number of aromatic nitrogens is 6. The summed E-state index contributed by atoms with van der Waals surface area (Å²) in [5.74, 6) is 0.167. The number of benzene rings is 1. The van der Waals surface area contributed by atoms with Crippen LogP contribution in [-0.4, -0.2) is 46.7 Å². The van der Waals surface area contributed by atoms with Gasteiger partial charge in [0.15, 0.2) is 5.65 Å². The average molecular weight is 416 g/mol. The highest BCUT2D eigenvalue weighted by Gasteiger charge is 2.32. The van der Waals surface area contributed by atoms with Crippen molar-refractivity contribution in [1.82, 2.24) is 34.8 Å². The van der Waals surface area contributed by atoms with Crippen LogP contribution in [0.2, 0.25) is 0 Å². The molecule has 2 aliphatic heterocycles. The summed E-state index contributed by atoms with van der Waals surface area (Å²) in [6, 6.07) is 9.09. The molecule has 2 saturated heterocycles. The van der Waals surface area contributed by atoms with Gasteiger partial charge in [-0.2, -0.15) is 5.10 Å². The third-order valence-corrected chi connectivity index (χ3v) is 6.72. The van der Waals surface area contributed by atoms with Gasteiger partial charge in [0, 0.05) is 42.5 Å². The van der Waals surface area contributed by atoms with E-state index in [4.69, 9.17) is 0 Å². The smallest absolute Gasteiger partial charge is 0.182 e. The van der Waals surface area contributed by atoms with E-state index in [1.165, 1.54) is 19.3 Å². The lowest BCUT2D eigenvalue weighted by atomic mass is 9.84. The Morgan fingerprint density at radius 3 is 2.65 bits per heavy atom. The summed E-state index contributed by atoms with van der Waals surface area (Å²) in [4.78, 5) is 4.62. The maximum absolute atomic E-state index is 10.7. The number of nitrogens with zero attached hydrogens (tertiary/aromatic N) is 6. The summed E-state index contributed by atoms with van der Waals surface area (Å²) in [5, 5.41) is 27.6. The second kappa shape index (κ2) is 7.16. The second-order valence-electron chi connectivity index (χ2n) is 8.84. The van der Waals surface area contributed by atoms with Crippen LogP contribution in [0.5, 0.6) is 5.75 Å². The van der Waals surface area contributed by atoms with Crippen molar-refractivity contribution in [3.63, 3.8) is 0 Å². The van der Waals surface area contributed by atoms with Gasteiger partial charge in [0.1, 0.15) is 11.3 Å². The third kappa shape index (κ3) is 3.27. The van der Waals surface area contributed by atoms with E-state index in [2.05, 4.69) is 30.2 Å². The molecule has 6 rings (SSSR count). The first-order chi connectivity index (χ1) is 15.1. The monoisotopic (exact) mass is 415 g/mol. The number of rotatable bonds is 3. The number of hydrogen-bond acceptors (Lipinski definition) is 6. The molecule has 2 bridgehead atoms. The van der Waals surface area contributed by atoms with E-state index in [1.54, 1.807) is 16.9 Å². The highest BCUT2D eigenvalue weighted by Crippen LogP contribution is 2.36. The number of hydrogen-bond donors (Lipinski definition) is 2. The highest BCUT2D eigenvalue weighted by molar-refractivity contribution is 5.79. The fourth-order valence-corrected chi connectivity index (χ4v) is 5.19. The fraction of sp³-hybridized carbons (Fsp3) is 0.391. The molecule has 3 aromatic heterocycles. The molecule has 2 aliphatic rings. The van der Waals surface area contributed by atoms with E-state index >= 15 is 0 Å². The molecule has 1 unspecified atom stereocenters. The van der Waals surface area contributed by atoms with Gasteiger partial charge in [-0.05, 0) is 49.4 Å². The zero-order chi connectivity index (χ0) is 20.9. The predicted octanol–water partition coefficient (Wildman–Crippen LogP) is 3.45. The van der Waals surface area contributed by atoms with Gasteiger partial charge < -0.3 is 15.0 Å². The van der Waals surface area contributed by atoms with Crippen molar-refractivity contribution in [2.75, 3.05) is 0 Å². The van der Waals surface area contributed by atoms with E-state index in [0.717, 1.165) is 35.1 Å². The summed E-state index contributed by atoms with van der Waals surface area (Å²) in [7, 11) is 1.87. The van der Waals surface area contributed by atoms with Crippen molar-refractivity contribution >= 4 is 11.2 Å². The number of phenolic OH excluding ortho intramolecular Hbond substituents is 1. The Hall–Kier alpha value is -3.26. The molecule has 4 aromatic rings. The number of aromatic hydroxyl groups is 1. The Labute approximate surface area is 179 Å². The van der Waals surface area contributed by atoms with Gasteiger partial charge >= 0.3 is 0 Å². The number of imidazole rings is 1. The zero-order valence-corrected chi connectivity index (χ0v) is 17.4. The summed E-state index contributed by atoms with van der Waals surface area (Å²) < 4.78 is 3.94. The average Bonchev–Trinajstić information content (AvgIpc) is 3.39. The quantitative estimate of drug-likeness (QED) is 0.532.